The van der Waals surface area contributed by atoms with E-state index in [4.69, 9.17) is 11.6 Å². The lowest BCUT2D eigenvalue weighted by Crippen LogP contribution is -2.35. The maximum Gasteiger partial charge on any atom is 0.255 e. The molecule has 27 heavy (non-hydrogen) atoms. The van der Waals surface area contributed by atoms with Gasteiger partial charge in [-0.05, 0) is 55.2 Å². The van der Waals surface area contributed by atoms with Crippen molar-refractivity contribution in [3.63, 3.8) is 0 Å². The molecule has 1 fully saturated rings. The van der Waals surface area contributed by atoms with Gasteiger partial charge in [0.15, 0.2) is 0 Å². The van der Waals surface area contributed by atoms with E-state index in [0.717, 1.165) is 25.7 Å². The molecule has 1 N–H and O–H groups in total. The van der Waals surface area contributed by atoms with Crippen LogP contribution in [0.1, 0.15) is 42.1 Å². The highest BCUT2D eigenvalue weighted by Gasteiger charge is 2.28. The molecule has 0 aliphatic carbocycles. The van der Waals surface area contributed by atoms with Crippen LogP contribution in [0.25, 0.3) is 0 Å². The van der Waals surface area contributed by atoms with Crippen LogP contribution in [0.15, 0.2) is 47.4 Å². The Morgan fingerprint density at radius 1 is 1.07 bits per heavy atom. The molecule has 1 amide bonds. The van der Waals surface area contributed by atoms with Crippen molar-refractivity contribution in [2.75, 3.05) is 18.4 Å². The van der Waals surface area contributed by atoms with E-state index in [-0.39, 0.29) is 21.4 Å². The number of anilines is 1. The van der Waals surface area contributed by atoms with Crippen molar-refractivity contribution in [1.29, 1.82) is 0 Å². The number of carbonyl (C=O) groups excluding carboxylic acids is 1. The zero-order valence-corrected chi connectivity index (χ0v) is 16.8. The highest BCUT2D eigenvalue weighted by molar-refractivity contribution is 7.89. The van der Waals surface area contributed by atoms with Crippen molar-refractivity contribution < 1.29 is 13.2 Å². The Kier molecular flexibility index (Phi) is 6.19. The first-order chi connectivity index (χ1) is 12.9. The molecule has 1 aliphatic heterocycles. The average molecular weight is 407 g/mol. The van der Waals surface area contributed by atoms with Crippen molar-refractivity contribution in [3.05, 3.63) is 58.6 Å². The highest BCUT2D eigenvalue weighted by atomic mass is 35.5. The molecule has 0 atom stereocenters. The second-order valence-electron chi connectivity index (χ2n) is 6.61. The van der Waals surface area contributed by atoms with Crippen molar-refractivity contribution in [2.45, 2.75) is 37.5 Å². The fourth-order valence-corrected chi connectivity index (χ4v) is 5.13. The lowest BCUT2D eigenvalue weighted by atomic mass is 10.1. The first-order valence-corrected chi connectivity index (χ1v) is 10.9. The van der Waals surface area contributed by atoms with E-state index in [2.05, 4.69) is 12.2 Å². The molecule has 0 spiro atoms. The molecule has 0 radical (unpaired) electrons. The summed E-state index contributed by atoms with van der Waals surface area (Å²) in [7, 11) is -3.71. The molecule has 0 unspecified atom stereocenters. The number of sulfonamides is 1. The Labute approximate surface area is 165 Å². The SMILES string of the molecule is CCc1ccc(NC(=O)c2ccc(Cl)c(S(=O)(=O)N3CCCCC3)c2)cc1. The predicted molar refractivity (Wildman–Crippen MR) is 108 cm³/mol. The Bertz CT molecular complexity index is 921. The number of halogens is 1. The number of nitrogens with one attached hydrogen (secondary N) is 1. The third-order valence-electron chi connectivity index (χ3n) is 4.75. The number of carbonyl (C=O) groups is 1. The standard InChI is InChI=1S/C20H23ClN2O3S/c1-2-15-6-9-17(10-7-15)22-20(24)16-8-11-18(21)19(14-16)27(25,26)23-12-4-3-5-13-23/h6-11,14H,2-5,12-13H2,1H3,(H,22,24). The fourth-order valence-electron chi connectivity index (χ4n) is 3.11. The number of piperidine rings is 1. The number of benzene rings is 2. The van der Waals surface area contributed by atoms with Gasteiger partial charge in [-0.2, -0.15) is 4.31 Å². The molecular formula is C20H23ClN2O3S. The molecule has 0 saturated carbocycles. The van der Waals surface area contributed by atoms with Gasteiger partial charge in [0.05, 0.1) is 5.02 Å². The summed E-state index contributed by atoms with van der Waals surface area (Å²) in [6.07, 6.45) is 3.62. The molecule has 0 bridgehead atoms. The smallest absolute Gasteiger partial charge is 0.255 e. The molecule has 2 aromatic carbocycles. The molecule has 3 rings (SSSR count). The first kappa shape index (κ1) is 19.9. The van der Waals surface area contributed by atoms with E-state index in [1.807, 2.05) is 24.3 Å². The van der Waals surface area contributed by atoms with Crippen LogP contribution >= 0.6 is 11.6 Å². The number of nitrogens with zero attached hydrogens (tertiary/aromatic N) is 1. The Morgan fingerprint density at radius 2 is 1.74 bits per heavy atom. The van der Waals surface area contributed by atoms with Crippen LogP contribution in [-0.2, 0) is 16.4 Å². The zero-order chi connectivity index (χ0) is 19.4. The molecule has 2 aromatic rings. The number of amides is 1. The van der Waals surface area contributed by atoms with Crippen LogP contribution in [0.2, 0.25) is 5.02 Å². The molecule has 1 aliphatic rings. The molecular weight excluding hydrogens is 384 g/mol. The second-order valence-corrected chi connectivity index (χ2v) is 8.93. The minimum Gasteiger partial charge on any atom is -0.322 e. The van der Waals surface area contributed by atoms with Crippen molar-refractivity contribution in [3.8, 4) is 0 Å². The maximum absolute atomic E-state index is 12.9. The van der Waals surface area contributed by atoms with Gasteiger partial charge in [0, 0.05) is 24.3 Å². The quantitative estimate of drug-likeness (QED) is 0.803. The highest BCUT2D eigenvalue weighted by Crippen LogP contribution is 2.28. The average Bonchev–Trinajstić information content (AvgIpc) is 2.69. The molecule has 7 heteroatoms. The summed E-state index contributed by atoms with van der Waals surface area (Å²) in [5.74, 6) is -0.369. The van der Waals surface area contributed by atoms with Gasteiger partial charge in [0.1, 0.15) is 4.90 Å². The van der Waals surface area contributed by atoms with Crippen LogP contribution in [0.5, 0.6) is 0 Å². The number of hydrogen-bond donors (Lipinski definition) is 1. The Morgan fingerprint density at radius 3 is 2.37 bits per heavy atom. The van der Waals surface area contributed by atoms with Gasteiger partial charge in [0.25, 0.3) is 5.91 Å². The predicted octanol–water partition coefficient (Wildman–Crippen LogP) is 4.33. The summed E-state index contributed by atoms with van der Waals surface area (Å²) in [4.78, 5) is 12.6. The third-order valence-corrected chi connectivity index (χ3v) is 7.13. The molecule has 0 aromatic heterocycles. The van der Waals surface area contributed by atoms with Crippen LogP contribution in [0.3, 0.4) is 0 Å². The van der Waals surface area contributed by atoms with E-state index in [0.29, 0.717) is 18.8 Å². The van der Waals surface area contributed by atoms with E-state index in [9.17, 15) is 13.2 Å². The summed E-state index contributed by atoms with van der Waals surface area (Å²) >= 11 is 6.16. The van der Waals surface area contributed by atoms with Gasteiger partial charge in [-0.25, -0.2) is 8.42 Å². The normalized spacial score (nSPS) is 15.5. The van der Waals surface area contributed by atoms with Gasteiger partial charge in [-0.15, -0.1) is 0 Å². The topological polar surface area (TPSA) is 66.5 Å². The monoisotopic (exact) mass is 406 g/mol. The molecule has 5 nitrogen and oxygen atoms in total. The number of aryl methyl sites for hydroxylation is 1. The molecule has 1 heterocycles. The van der Waals surface area contributed by atoms with Crippen molar-refractivity contribution >= 4 is 33.2 Å². The van der Waals surface area contributed by atoms with E-state index in [1.54, 1.807) is 0 Å². The lowest BCUT2D eigenvalue weighted by Gasteiger charge is -2.26. The summed E-state index contributed by atoms with van der Waals surface area (Å²) in [6, 6.07) is 11.9. The summed E-state index contributed by atoms with van der Waals surface area (Å²) in [5, 5.41) is 2.93. The van der Waals surface area contributed by atoms with E-state index >= 15 is 0 Å². The van der Waals surface area contributed by atoms with Crippen LogP contribution in [0, 0.1) is 0 Å². The van der Waals surface area contributed by atoms with Gasteiger partial charge >= 0.3 is 0 Å². The van der Waals surface area contributed by atoms with Gasteiger partial charge in [-0.1, -0.05) is 37.1 Å². The van der Waals surface area contributed by atoms with E-state index < -0.39 is 10.0 Å². The number of hydrogen-bond acceptors (Lipinski definition) is 3. The minimum absolute atomic E-state index is 0.0138. The fraction of sp³-hybridized carbons (Fsp3) is 0.350. The second kappa shape index (κ2) is 8.42. The van der Waals surface area contributed by atoms with Gasteiger partial charge in [-0.3, -0.25) is 4.79 Å². The Hall–Kier alpha value is -1.89. The lowest BCUT2D eigenvalue weighted by molar-refractivity contribution is 0.102. The van der Waals surface area contributed by atoms with Crippen molar-refractivity contribution in [1.82, 2.24) is 4.31 Å². The summed E-state index contributed by atoms with van der Waals surface area (Å²) in [6.45, 7) is 3.03. The summed E-state index contributed by atoms with van der Waals surface area (Å²) < 4.78 is 27.3. The third kappa shape index (κ3) is 4.51. The van der Waals surface area contributed by atoms with E-state index in [1.165, 1.54) is 28.1 Å². The van der Waals surface area contributed by atoms with Crippen LogP contribution in [-0.4, -0.2) is 31.7 Å². The Balaban J connectivity index is 1.84. The molecule has 1 saturated heterocycles. The first-order valence-electron chi connectivity index (χ1n) is 9.12. The largest absolute Gasteiger partial charge is 0.322 e. The molecule has 144 valence electrons. The maximum atomic E-state index is 12.9. The minimum atomic E-state index is -3.71. The zero-order valence-electron chi connectivity index (χ0n) is 15.2. The van der Waals surface area contributed by atoms with Gasteiger partial charge in [0.2, 0.25) is 10.0 Å². The van der Waals surface area contributed by atoms with Crippen LogP contribution in [0.4, 0.5) is 5.69 Å². The van der Waals surface area contributed by atoms with Crippen LogP contribution < -0.4 is 5.32 Å². The van der Waals surface area contributed by atoms with Gasteiger partial charge < -0.3 is 5.32 Å². The van der Waals surface area contributed by atoms with Crippen molar-refractivity contribution in [2.24, 2.45) is 0 Å². The summed E-state index contributed by atoms with van der Waals surface area (Å²) in [5.41, 5.74) is 2.09. The number of rotatable bonds is 5.